The maximum atomic E-state index is 10.6. The summed E-state index contributed by atoms with van der Waals surface area (Å²) in [4.78, 5) is 10.6. The Morgan fingerprint density at radius 1 is 1.44 bits per heavy atom. The van der Waals surface area contributed by atoms with Crippen LogP contribution < -0.4 is 5.32 Å². The molecule has 0 saturated heterocycles. The third-order valence-corrected chi connectivity index (χ3v) is 2.30. The lowest BCUT2D eigenvalue weighted by Gasteiger charge is -1.99. The summed E-state index contributed by atoms with van der Waals surface area (Å²) in [6.45, 7) is 1.65. The van der Waals surface area contributed by atoms with Crippen LogP contribution in [-0.2, 0) is 4.79 Å². The van der Waals surface area contributed by atoms with Crippen LogP contribution in [0.15, 0.2) is 12.1 Å². The molecule has 0 unspecified atom stereocenters. The maximum Gasteiger partial charge on any atom is 0.217 e. The fourth-order valence-electron chi connectivity index (χ4n) is 0.940. The van der Waals surface area contributed by atoms with E-state index < -0.39 is 0 Å². The molecule has 0 bridgehead atoms. The largest absolute Gasteiger partial charge is 0.506 e. The Labute approximate surface area is 103 Å². The van der Waals surface area contributed by atoms with Crippen molar-refractivity contribution in [1.82, 2.24) is 5.32 Å². The number of hydrogen-bond acceptors (Lipinski definition) is 2. The summed E-state index contributed by atoms with van der Waals surface area (Å²) < 4.78 is 0. The van der Waals surface area contributed by atoms with Gasteiger partial charge < -0.3 is 10.4 Å². The minimum atomic E-state index is -0.149. The van der Waals surface area contributed by atoms with Gasteiger partial charge in [-0.15, -0.1) is 0 Å². The van der Waals surface area contributed by atoms with Crippen LogP contribution in [0.3, 0.4) is 0 Å². The summed E-state index contributed by atoms with van der Waals surface area (Å²) in [5, 5.41) is 12.3. The Bertz CT molecular complexity index is 475. The molecule has 0 aliphatic rings. The molecule has 1 aromatic carbocycles. The van der Waals surface area contributed by atoms with Gasteiger partial charge in [-0.3, -0.25) is 4.79 Å². The molecule has 0 fully saturated rings. The summed E-state index contributed by atoms with van der Waals surface area (Å²) in [7, 11) is 0. The Kier molecular flexibility index (Phi) is 4.48. The molecule has 0 aromatic heterocycles. The minimum Gasteiger partial charge on any atom is -0.506 e. The van der Waals surface area contributed by atoms with Gasteiger partial charge >= 0.3 is 0 Å². The second-order valence-electron chi connectivity index (χ2n) is 2.99. The lowest BCUT2D eigenvalue weighted by molar-refractivity contribution is -0.118. The SMILES string of the molecule is CC(=O)NCC#Cc1cc(Cl)c(O)cc1Cl. The molecular weight excluding hydrogens is 249 g/mol. The molecule has 16 heavy (non-hydrogen) atoms. The Hall–Kier alpha value is -1.37. The van der Waals surface area contributed by atoms with Gasteiger partial charge in [-0.2, -0.15) is 0 Å². The number of halogens is 2. The molecule has 84 valence electrons. The van der Waals surface area contributed by atoms with Crippen LogP contribution >= 0.6 is 23.2 Å². The number of nitrogens with one attached hydrogen (secondary N) is 1. The summed E-state index contributed by atoms with van der Waals surface area (Å²) >= 11 is 11.5. The zero-order valence-electron chi connectivity index (χ0n) is 8.47. The first-order valence-corrected chi connectivity index (χ1v) is 5.17. The third-order valence-electron chi connectivity index (χ3n) is 1.69. The smallest absolute Gasteiger partial charge is 0.217 e. The van der Waals surface area contributed by atoms with E-state index in [9.17, 15) is 9.90 Å². The number of phenolic OH excluding ortho intramolecular Hbond substituents is 1. The van der Waals surface area contributed by atoms with Crippen LogP contribution in [0, 0.1) is 11.8 Å². The normalized spacial score (nSPS) is 9.19. The van der Waals surface area contributed by atoms with Gasteiger partial charge in [0.05, 0.1) is 16.6 Å². The molecule has 1 rings (SSSR count). The lowest BCUT2D eigenvalue weighted by atomic mass is 10.2. The number of amides is 1. The van der Waals surface area contributed by atoms with Gasteiger partial charge in [0.1, 0.15) is 5.75 Å². The van der Waals surface area contributed by atoms with Gasteiger partial charge in [0, 0.05) is 18.6 Å². The Balaban J connectivity index is 2.81. The van der Waals surface area contributed by atoms with E-state index in [1.807, 2.05) is 0 Å². The third kappa shape index (κ3) is 3.65. The standard InChI is InChI=1S/C11H9Cl2NO2/c1-7(15)14-4-2-3-8-5-10(13)11(16)6-9(8)12/h5-6,16H,4H2,1H3,(H,14,15). The predicted octanol–water partition coefficient (Wildman–Crippen LogP) is 2.19. The number of benzene rings is 1. The summed E-state index contributed by atoms with van der Waals surface area (Å²) in [5.41, 5.74) is 0.509. The highest BCUT2D eigenvalue weighted by Gasteiger charge is 2.03. The first kappa shape index (κ1) is 12.7. The summed E-state index contributed by atoms with van der Waals surface area (Å²) in [6.07, 6.45) is 0. The zero-order chi connectivity index (χ0) is 12.1. The van der Waals surface area contributed by atoms with Crippen LogP contribution in [-0.4, -0.2) is 17.6 Å². The molecule has 0 spiro atoms. The molecule has 0 radical (unpaired) electrons. The van der Waals surface area contributed by atoms with Crippen molar-refractivity contribution in [3.63, 3.8) is 0 Å². The molecular formula is C11H9Cl2NO2. The molecule has 1 aromatic rings. The van der Waals surface area contributed by atoms with Crippen molar-refractivity contribution in [2.45, 2.75) is 6.92 Å². The van der Waals surface area contributed by atoms with Crippen LogP contribution in [0.4, 0.5) is 0 Å². The van der Waals surface area contributed by atoms with Crippen molar-refractivity contribution >= 4 is 29.1 Å². The number of phenols is 1. The number of carbonyl (C=O) groups excluding carboxylic acids is 1. The maximum absolute atomic E-state index is 10.6. The number of carbonyl (C=O) groups is 1. The summed E-state index contributed by atoms with van der Waals surface area (Å²) in [6, 6.07) is 2.80. The molecule has 0 aliphatic heterocycles. The number of aromatic hydroxyl groups is 1. The van der Waals surface area contributed by atoms with E-state index in [-0.39, 0.29) is 23.2 Å². The lowest BCUT2D eigenvalue weighted by Crippen LogP contribution is -2.19. The van der Waals surface area contributed by atoms with Gasteiger partial charge in [-0.05, 0) is 6.07 Å². The average Bonchev–Trinajstić information content (AvgIpc) is 2.19. The van der Waals surface area contributed by atoms with E-state index >= 15 is 0 Å². The Morgan fingerprint density at radius 3 is 2.75 bits per heavy atom. The van der Waals surface area contributed by atoms with E-state index in [2.05, 4.69) is 17.2 Å². The second-order valence-corrected chi connectivity index (χ2v) is 3.81. The summed E-state index contributed by atoms with van der Waals surface area (Å²) in [5.74, 6) is 5.22. The van der Waals surface area contributed by atoms with Gasteiger partial charge in [0.25, 0.3) is 0 Å². The zero-order valence-corrected chi connectivity index (χ0v) is 9.99. The highest BCUT2D eigenvalue weighted by atomic mass is 35.5. The first-order valence-electron chi connectivity index (χ1n) is 4.42. The second kappa shape index (κ2) is 5.64. The average molecular weight is 258 g/mol. The molecule has 0 saturated carbocycles. The monoisotopic (exact) mass is 257 g/mol. The van der Waals surface area contributed by atoms with Crippen LogP contribution in [0.5, 0.6) is 5.75 Å². The Morgan fingerprint density at radius 2 is 2.12 bits per heavy atom. The van der Waals surface area contributed by atoms with Crippen molar-refractivity contribution in [2.24, 2.45) is 0 Å². The predicted molar refractivity (Wildman–Crippen MR) is 63.7 cm³/mol. The van der Waals surface area contributed by atoms with E-state index in [0.29, 0.717) is 10.6 Å². The van der Waals surface area contributed by atoms with Crippen LogP contribution in [0.1, 0.15) is 12.5 Å². The van der Waals surface area contributed by atoms with E-state index in [0.717, 1.165) is 0 Å². The molecule has 0 heterocycles. The van der Waals surface area contributed by atoms with E-state index in [1.54, 1.807) is 0 Å². The number of rotatable bonds is 1. The van der Waals surface area contributed by atoms with Crippen molar-refractivity contribution in [3.05, 3.63) is 27.7 Å². The molecule has 3 nitrogen and oxygen atoms in total. The van der Waals surface area contributed by atoms with Crippen molar-refractivity contribution in [3.8, 4) is 17.6 Å². The van der Waals surface area contributed by atoms with Gasteiger partial charge in [-0.1, -0.05) is 35.0 Å². The molecule has 0 aliphatic carbocycles. The molecule has 1 amide bonds. The van der Waals surface area contributed by atoms with Crippen molar-refractivity contribution in [2.75, 3.05) is 6.54 Å². The van der Waals surface area contributed by atoms with Gasteiger partial charge in [0.2, 0.25) is 5.91 Å². The fraction of sp³-hybridized carbons (Fsp3) is 0.182. The first-order chi connectivity index (χ1) is 7.50. The highest BCUT2D eigenvalue weighted by Crippen LogP contribution is 2.29. The van der Waals surface area contributed by atoms with Gasteiger partial charge in [0.15, 0.2) is 0 Å². The molecule has 0 atom stereocenters. The van der Waals surface area contributed by atoms with E-state index in [1.165, 1.54) is 19.1 Å². The minimum absolute atomic E-state index is 0.0842. The van der Waals surface area contributed by atoms with Crippen molar-refractivity contribution in [1.29, 1.82) is 0 Å². The van der Waals surface area contributed by atoms with Crippen LogP contribution in [0.2, 0.25) is 10.0 Å². The van der Waals surface area contributed by atoms with E-state index in [4.69, 9.17) is 23.2 Å². The molecule has 5 heteroatoms. The van der Waals surface area contributed by atoms with Gasteiger partial charge in [-0.25, -0.2) is 0 Å². The topological polar surface area (TPSA) is 49.3 Å². The molecule has 2 N–H and O–H groups in total. The van der Waals surface area contributed by atoms with Crippen LogP contribution in [0.25, 0.3) is 0 Å². The fourth-order valence-corrected chi connectivity index (χ4v) is 1.31. The quantitative estimate of drug-likeness (QED) is 0.758. The number of hydrogen-bond donors (Lipinski definition) is 2. The highest BCUT2D eigenvalue weighted by molar-refractivity contribution is 6.35. The van der Waals surface area contributed by atoms with Crippen molar-refractivity contribution < 1.29 is 9.90 Å².